The lowest BCUT2D eigenvalue weighted by atomic mass is 9.83. The fraction of sp³-hybridized carbons (Fsp3) is 0.692. The van der Waals surface area contributed by atoms with Gasteiger partial charge in [0.2, 0.25) is 0 Å². The maximum absolute atomic E-state index is 13.1. The predicted octanol–water partition coefficient (Wildman–Crippen LogP) is 11.5. The Hall–Kier alpha value is -1.78. The second kappa shape index (κ2) is 17.9. The van der Waals surface area contributed by atoms with Gasteiger partial charge in [0, 0.05) is 23.0 Å². The molecule has 2 heterocycles. The zero-order chi connectivity index (χ0) is 33.1. The van der Waals surface area contributed by atoms with E-state index in [9.17, 15) is 4.79 Å². The monoisotopic (exact) mass is 659 g/mol. The number of halogens is 2. The highest BCUT2D eigenvalue weighted by atomic mass is 35.5. The molecule has 0 fully saturated rings. The SMILES string of the molecule is Cc1c(C)c2c(c(C)c1OC(=O)c1ccc(CCC(Cl)CCl)cn1)CC[C@@](C)(CCC[C@H](C)CCC[C@H](C)CCCC(C)C)O2. The van der Waals surface area contributed by atoms with E-state index < -0.39 is 5.97 Å². The summed E-state index contributed by atoms with van der Waals surface area (Å²) in [6.45, 7) is 17.9. The number of nitrogens with zero attached hydrogens (tertiary/aromatic N) is 1. The minimum atomic E-state index is -0.445. The van der Waals surface area contributed by atoms with Gasteiger partial charge in [-0.1, -0.05) is 78.7 Å². The molecule has 0 N–H and O–H groups in total. The number of aromatic nitrogens is 1. The van der Waals surface area contributed by atoms with Crippen molar-refractivity contribution < 1.29 is 14.3 Å². The van der Waals surface area contributed by atoms with E-state index in [1.165, 1.54) is 51.4 Å². The van der Waals surface area contributed by atoms with E-state index in [1.807, 2.05) is 19.9 Å². The summed E-state index contributed by atoms with van der Waals surface area (Å²) in [6.07, 6.45) is 16.8. The van der Waals surface area contributed by atoms with Crippen LogP contribution in [0.4, 0.5) is 0 Å². The van der Waals surface area contributed by atoms with Gasteiger partial charge in [0.05, 0.1) is 0 Å². The Balaban J connectivity index is 1.53. The van der Waals surface area contributed by atoms with Gasteiger partial charge >= 0.3 is 5.97 Å². The molecular formula is C39H59Cl2NO3. The molecule has 0 bridgehead atoms. The van der Waals surface area contributed by atoms with Gasteiger partial charge in [0.25, 0.3) is 0 Å². The predicted molar refractivity (Wildman–Crippen MR) is 191 cm³/mol. The van der Waals surface area contributed by atoms with Crippen LogP contribution in [0.25, 0.3) is 0 Å². The molecule has 252 valence electrons. The Morgan fingerprint density at radius 2 is 1.58 bits per heavy atom. The van der Waals surface area contributed by atoms with E-state index in [0.29, 0.717) is 17.3 Å². The Morgan fingerprint density at radius 1 is 0.933 bits per heavy atom. The van der Waals surface area contributed by atoms with E-state index in [1.54, 1.807) is 12.3 Å². The topological polar surface area (TPSA) is 48.4 Å². The second-order valence-electron chi connectivity index (χ2n) is 14.7. The van der Waals surface area contributed by atoms with Gasteiger partial charge in [-0.15, -0.1) is 23.2 Å². The van der Waals surface area contributed by atoms with Crippen molar-refractivity contribution >= 4 is 29.2 Å². The smallest absolute Gasteiger partial charge is 0.362 e. The van der Waals surface area contributed by atoms with Crippen LogP contribution in [0.3, 0.4) is 0 Å². The molecule has 4 atom stereocenters. The van der Waals surface area contributed by atoms with Crippen LogP contribution in [0.5, 0.6) is 11.5 Å². The third kappa shape index (κ3) is 11.5. The fourth-order valence-electron chi connectivity index (χ4n) is 6.65. The summed E-state index contributed by atoms with van der Waals surface area (Å²) in [5, 5.41) is -0.0713. The van der Waals surface area contributed by atoms with E-state index in [-0.39, 0.29) is 11.0 Å². The van der Waals surface area contributed by atoms with Crippen LogP contribution in [-0.2, 0) is 12.8 Å². The van der Waals surface area contributed by atoms with Gasteiger partial charge in [-0.3, -0.25) is 0 Å². The Kier molecular flexibility index (Phi) is 15.0. The number of hydrogen-bond acceptors (Lipinski definition) is 4. The normalized spacial score (nSPS) is 18.3. The van der Waals surface area contributed by atoms with Gasteiger partial charge in [0.1, 0.15) is 22.8 Å². The summed E-state index contributed by atoms with van der Waals surface area (Å²) in [7, 11) is 0. The fourth-order valence-corrected chi connectivity index (χ4v) is 6.92. The zero-order valence-electron chi connectivity index (χ0n) is 29.4. The average molecular weight is 661 g/mol. The molecule has 0 radical (unpaired) electrons. The largest absolute Gasteiger partial charge is 0.487 e. The van der Waals surface area contributed by atoms with Gasteiger partial charge in [-0.05, 0) is 112 Å². The molecule has 0 saturated heterocycles. The van der Waals surface area contributed by atoms with E-state index in [2.05, 4.69) is 46.5 Å². The molecule has 0 spiro atoms. The van der Waals surface area contributed by atoms with Crippen LogP contribution in [0.1, 0.15) is 144 Å². The molecule has 2 aromatic rings. The van der Waals surface area contributed by atoms with Gasteiger partial charge in [0.15, 0.2) is 0 Å². The van der Waals surface area contributed by atoms with Gasteiger partial charge in [-0.2, -0.15) is 0 Å². The third-order valence-corrected chi connectivity index (χ3v) is 10.9. The summed E-state index contributed by atoms with van der Waals surface area (Å²) in [4.78, 5) is 17.5. The number of carbonyl (C=O) groups is 1. The van der Waals surface area contributed by atoms with Crippen molar-refractivity contribution in [3.63, 3.8) is 0 Å². The molecule has 1 aromatic carbocycles. The lowest BCUT2D eigenvalue weighted by molar-refractivity contribution is 0.0508. The first-order valence-electron chi connectivity index (χ1n) is 17.5. The third-order valence-electron chi connectivity index (χ3n) is 9.98. The summed E-state index contributed by atoms with van der Waals surface area (Å²) >= 11 is 11.9. The lowest BCUT2D eigenvalue weighted by Crippen LogP contribution is -2.37. The van der Waals surface area contributed by atoms with Crippen LogP contribution in [-0.4, -0.2) is 27.8 Å². The maximum atomic E-state index is 13.1. The number of carbonyl (C=O) groups excluding carboxylic acids is 1. The number of fused-ring (bicyclic) bond motifs is 1. The highest BCUT2D eigenvalue weighted by Gasteiger charge is 2.35. The quantitative estimate of drug-likeness (QED) is 0.0907. The highest BCUT2D eigenvalue weighted by Crippen LogP contribution is 2.45. The van der Waals surface area contributed by atoms with Crippen molar-refractivity contribution in [2.45, 2.75) is 150 Å². The van der Waals surface area contributed by atoms with Crippen LogP contribution in [0, 0.1) is 38.5 Å². The highest BCUT2D eigenvalue weighted by molar-refractivity contribution is 6.28. The molecule has 45 heavy (non-hydrogen) atoms. The van der Waals surface area contributed by atoms with E-state index >= 15 is 0 Å². The molecule has 1 aliphatic heterocycles. The summed E-state index contributed by atoms with van der Waals surface area (Å²) in [6, 6.07) is 3.63. The second-order valence-corrected chi connectivity index (χ2v) is 15.6. The van der Waals surface area contributed by atoms with Crippen molar-refractivity contribution in [2.75, 3.05) is 5.88 Å². The van der Waals surface area contributed by atoms with Crippen LogP contribution in [0.2, 0.25) is 0 Å². The lowest BCUT2D eigenvalue weighted by Gasteiger charge is -2.38. The molecule has 6 heteroatoms. The summed E-state index contributed by atoms with van der Waals surface area (Å²) in [5.41, 5.74) is 5.29. The van der Waals surface area contributed by atoms with Crippen molar-refractivity contribution in [1.29, 1.82) is 0 Å². The number of aryl methyl sites for hydroxylation is 1. The average Bonchev–Trinajstić information content (AvgIpc) is 3.00. The van der Waals surface area contributed by atoms with E-state index in [4.69, 9.17) is 32.7 Å². The first-order valence-corrected chi connectivity index (χ1v) is 18.5. The number of benzene rings is 1. The molecule has 3 rings (SSSR count). The number of hydrogen-bond donors (Lipinski definition) is 0. The minimum absolute atomic E-state index is 0.0713. The van der Waals surface area contributed by atoms with Crippen molar-refractivity contribution in [2.24, 2.45) is 17.8 Å². The molecule has 0 aliphatic carbocycles. The molecule has 1 aromatic heterocycles. The van der Waals surface area contributed by atoms with Crippen LogP contribution < -0.4 is 9.47 Å². The van der Waals surface area contributed by atoms with Crippen LogP contribution in [0.15, 0.2) is 18.3 Å². The molecule has 1 unspecified atom stereocenters. The standard InChI is InChI=1S/C39H59Cl2NO3/c1-26(2)12-9-13-27(3)14-10-15-28(4)16-11-22-39(8)23-21-34-31(7)36(29(5)30(6)37(34)45-39)44-38(43)35-20-18-32(25-42-35)17-19-33(41)24-40/h18,20,25-28,33H,9-17,19,21-24H2,1-8H3/t27-,28-,33?,39-/m1/s1. The van der Waals surface area contributed by atoms with Gasteiger partial charge in [-0.25, -0.2) is 9.78 Å². The molecule has 0 amide bonds. The maximum Gasteiger partial charge on any atom is 0.362 e. The number of rotatable bonds is 18. The summed E-state index contributed by atoms with van der Waals surface area (Å²) in [5.74, 6) is 4.02. The number of esters is 1. The zero-order valence-corrected chi connectivity index (χ0v) is 30.9. The van der Waals surface area contributed by atoms with E-state index in [0.717, 1.165) is 83.4 Å². The molecular weight excluding hydrogens is 601 g/mol. The van der Waals surface area contributed by atoms with Crippen molar-refractivity contribution in [3.05, 3.63) is 51.8 Å². The van der Waals surface area contributed by atoms with Crippen LogP contribution >= 0.6 is 23.2 Å². The minimum Gasteiger partial charge on any atom is -0.487 e. The Morgan fingerprint density at radius 3 is 2.18 bits per heavy atom. The Bertz CT molecular complexity index is 1230. The number of pyridine rings is 1. The summed E-state index contributed by atoms with van der Waals surface area (Å²) < 4.78 is 12.8. The first-order chi connectivity index (χ1) is 21.3. The molecule has 1 aliphatic rings. The Labute approximate surface area is 284 Å². The number of alkyl halides is 2. The molecule has 0 saturated carbocycles. The van der Waals surface area contributed by atoms with Gasteiger partial charge < -0.3 is 9.47 Å². The van der Waals surface area contributed by atoms with Crippen molar-refractivity contribution in [1.82, 2.24) is 4.98 Å². The van der Waals surface area contributed by atoms with Crippen molar-refractivity contribution in [3.8, 4) is 11.5 Å². The first kappa shape index (κ1) is 37.7. The number of ether oxygens (including phenoxy) is 2. The molecule has 4 nitrogen and oxygen atoms in total.